The van der Waals surface area contributed by atoms with Crippen molar-refractivity contribution in [3.05, 3.63) is 72.2 Å². The van der Waals surface area contributed by atoms with Crippen molar-refractivity contribution in [2.24, 2.45) is 5.73 Å². The summed E-state index contributed by atoms with van der Waals surface area (Å²) in [6.07, 6.45) is 3.83. The molecule has 4 rings (SSSR count). The fraction of sp³-hybridized carbons (Fsp3) is 0.217. The number of hydroxylamine groups is 2. The van der Waals surface area contributed by atoms with Gasteiger partial charge in [-0.25, -0.2) is 9.59 Å². The summed E-state index contributed by atoms with van der Waals surface area (Å²) >= 11 is 0. The second-order valence-corrected chi connectivity index (χ2v) is 7.21. The third kappa shape index (κ3) is 3.08. The van der Waals surface area contributed by atoms with E-state index in [-0.39, 0.29) is 6.42 Å². The maximum Gasteiger partial charge on any atom is 0.349 e. The molecule has 0 bridgehead atoms. The molecule has 0 unspecified atom stereocenters. The van der Waals surface area contributed by atoms with Crippen LogP contribution in [0.15, 0.2) is 69.9 Å². The number of fused-ring (bicyclic) bond motifs is 2. The number of carbonyl (C=O) groups is 2. The Kier molecular flexibility index (Phi) is 4.95. The second-order valence-electron chi connectivity index (χ2n) is 7.21. The fourth-order valence-corrected chi connectivity index (χ4v) is 3.78. The molecule has 0 atom stereocenters. The lowest BCUT2D eigenvalue weighted by Crippen LogP contribution is -2.51. The molecule has 2 amide bonds. The Hall–Kier alpha value is -3.74. The van der Waals surface area contributed by atoms with Crippen LogP contribution in [0.1, 0.15) is 37.8 Å². The highest BCUT2D eigenvalue weighted by Crippen LogP contribution is 2.44. The number of nitrogens with two attached hydrogens (primary N) is 1. The summed E-state index contributed by atoms with van der Waals surface area (Å²) in [6, 6.07) is 13.9. The number of amides is 2. The van der Waals surface area contributed by atoms with E-state index in [2.05, 4.69) is 0 Å². The summed E-state index contributed by atoms with van der Waals surface area (Å²) in [7, 11) is 0. The van der Waals surface area contributed by atoms with Crippen LogP contribution in [-0.4, -0.2) is 17.1 Å². The number of nitrogens with zero attached hydrogens (tertiary/aromatic N) is 1. The van der Waals surface area contributed by atoms with Crippen molar-refractivity contribution in [1.29, 1.82) is 0 Å². The molecule has 0 aliphatic rings. The van der Waals surface area contributed by atoms with E-state index in [9.17, 15) is 9.59 Å². The van der Waals surface area contributed by atoms with Crippen molar-refractivity contribution in [1.82, 2.24) is 5.06 Å². The van der Waals surface area contributed by atoms with Gasteiger partial charge < -0.3 is 19.4 Å². The second kappa shape index (κ2) is 7.59. The van der Waals surface area contributed by atoms with E-state index in [0.717, 1.165) is 15.8 Å². The number of para-hydroxylation sites is 2. The topological polar surface area (TPSA) is 98.9 Å². The van der Waals surface area contributed by atoms with Crippen molar-refractivity contribution in [2.45, 2.75) is 32.2 Å². The molecule has 7 heteroatoms. The van der Waals surface area contributed by atoms with Crippen LogP contribution < -0.4 is 5.73 Å². The largest absolute Gasteiger partial charge is 0.464 e. The molecule has 0 aliphatic carbocycles. The van der Waals surface area contributed by atoms with Gasteiger partial charge in [0.1, 0.15) is 16.7 Å². The Morgan fingerprint density at radius 2 is 1.47 bits per heavy atom. The fourth-order valence-electron chi connectivity index (χ4n) is 3.78. The Bertz CT molecular complexity index is 1150. The number of furan rings is 2. The highest BCUT2D eigenvalue weighted by Gasteiger charge is 2.45. The molecule has 0 radical (unpaired) electrons. The quantitative estimate of drug-likeness (QED) is 0.466. The highest BCUT2D eigenvalue weighted by molar-refractivity contribution is 5.89. The van der Waals surface area contributed by atoms with Gasteiger partial charge >= 0.3 is 12.0 Å². The first-order valence-corrected chi connectivity index (χ1v) is 9.70. The molecule has 0 aliphatic heterocycles. The first-order chi connectivity index (χ1) is 14.5. The van der Waals surface area contributed by atoms with Gasteiger partial charge in [0.15, 0.2) is 0 Å². The van der Waals surface area contributed by atoms with Gasteiger partial charge in [-0.3, -0.25) is 0 Å². The maximum atomic E-state index is 12.6. The SMILES string of the molecule is CCCC(=O)ON(C(N)=O)C(C)(c1coc2ccccc12)c1coc2ccccc12. The van der Waals surface area contributed by atoms with E-state index in [0.29, 0.717) is 28.7 Å². The van der Waals surface area contributed by atoms with Gasteiger partial charge in [0.2, 0.25) is 0 Å². The molecule has 4 aromatic rings. The third-order valence-electron chi connectivity index (χ3n) is 5.26. The molecule has 2 N–H and O–H groups in total. The van der Waals surface area contributed by atoms with E-state index in [4.69, 9.17) is 19.4 Å². The van der Waals surface area contributed by atoms with Crippen LogP contribution in [0.3, 0.4) is 0 Å². The van der Waals surface area contributed by atoms with E-state index < -0.39 is 17.5 Å². The first kappa shape index (κ1) is 19.6. The number of carbonyl (C=O) groups excluding carboxylic acids is 2. The summed E-state index contributed by atoms with van der Waals surface area (Å²) in [5.74, 6) is -0.553. The summed E-state index contributed by atoms with van der Waals surface area (Å²) in [4.78, 5) is 30.4. The minimum Gasteiger partial charge on any atom is -0.464 e. The molecule has 0 spiro atoms. The summed E-state index contributed by atoms with van der Waals surface area (Å²) in [5, 5.41) is 2.45. The third-order valence-corrected chi connectivity index (χ3v) is 5.26. The van der Waals surface area contributed by atoms with Crippen molar-refractivity contribution in [3.8, 4) is 0 Å². The van der Waals surface area contributed by atoms with Gasteiger partial charge in [-0.05, 0) is 25.5 Å². The van der Waals surface area contributed by atoms with Crippen LogP contribution in [0, 0.1) is 0 Å². The molecule has 0 saturated heterocycles. The lowest BCUT2D eigenvalue weighted by molar-refractivity contribution is -0.193. The predicted octanol–water partition coefficient (Wildman–Crippen LogP) is 5.08. The molecule has 30 heavy (non-hydrogen) atoms. The van der Waals surface area contributed by atoms with Crippen LogP contribution in [0.2, 0.25) is 0 Å². The zero-order valence-electron chi connectivity index (χ0n) is 16.8. The van der Waals surface area contributed by atoms with Crippen LogP contribution in [0.4, 0.5) is 4.79 Å². The highest BCUT2D eigenvalue weighted by atomic mass is 16.7. The average Bonchev–Trinajstić information content (AvgIpc) is 3.36. The minimum atomic E-state index is -1.30. The van der Waals surface area contributed by atoms with Gasteiger partial charge in [0.25, 0.3) is 0 Å². The van der Waals surface area contributed by atoms with Gasteiger partial charge in [0.05, 0.1) is 12.5 Å². The van der Waals surface area contributed by atoms with Crippen molar-refractivity contribution < 1.29 is 23.3 Å². The molecule has 7 nitrogen and oxygen atoms in total. The molecule has 2 aromatic carbocycles. The Morgan fingerprint density at radius 3 is 1.93 bits per heavy atom. The molecule has 0 fully saturated rings. The normalized spacial score (nSPS) is 11.7. The average molecular weight is 406 g/mol. The summed E-state index contributed by atoms with van der Waals surface area (Å²) in [6.45, 7) is 3.60. The van der Waals surface area contributed by atoms with Crippen molar-refractivity contribution >= 4 is 33.9 Å². The number of primary amides is 1. The van der Waals surface area contributed by atoms with E-state index in [1.54, 1.807) is 19.5 Å². The summed E-state index contributed by atoms with van der Waals surface area (Å²) in [5.41, 5.74) is 6.93. The Balaban J connectivity index is 1.99. The lowest BCUT2D eigenvalue weighted by atomic mass is 9.83. The van der Waals surface area contributed by atoms with Gasteiger partial charge in [0, 0.05) is 28.3 Å². The van der Waals surface area contributed by atoms with Crippen LogP contribution >= 0.6 is 0 Å². The van der Waals surface area contributed by atoms with E-state index in [1.807, 2.05) is 55.5 Å². The number of benzene rings is 2. The number of hydrogen-bond donors (Lipinski definition) is 1. The Labute approximate surface area is 172 Å². The molecule has 154 valence electrons. The van der Waals surface area contributed by atoms with Gasteiger partial charge in [-0.2, -0.15) is 0 Å². The molecular formula is C23H22N2O5. The predicted molar refractivity (Wildman–Crippen MR) is 111 cm³/mol. The van der Waals surface area contributed by atoms with Crippen LogP contribution in [0.25, 0.3) is 21.9 Å². The van der Waals surface area contributed by atoms with Crippen molar-refractivity contribution in [3.63, 3.8) is 0 Å². The van der Waals surface area contributed by atoms with Gasteiger partial charge in [-0.1, -0.05) is 43.3 Å². The zero-order chi connectivity index (χ0) is 21.3. The smallest absolute Gasteiger partial charge is 0.349 e. The number of urea groups is 1. The number of rotatable bonds is 5. The van der Waals surface area contributed by atoms with E-state index >= 15 is 0 Å². The van der Waals surface area contributed by atoms with Crippen LogP contribution in [-0.2, 0) is 15.2 Å². The van der Waals surface area contributed by atoms with E-state index in [1.165, 1.54) is 0 Å². The van der Waals surface area contributed by atoms with Crippen LogP contribution in [0.5, 0.6) is 0 Å². The summed E-state index contributed by atoms with van der Waals surface area (Å²) < 4.78 is 11.5. The van der Waals surface area contributed by atoms with Gasteiger partial charge in [-0.15, -0.1) is 5.06 Å². The maximum absolute atomic E-state index is 12.6. The number of hydrogen-bond acceptors (Lipinski definition) is 5. The van der Waals surface area contributed by atoms with Crippen molar-refractivity contribution in [2.75, 3.05) is 0 Å². The molecule has 2 aromatic heterocycles. The standard InChI is InChI=1S/C23H22N2O5/c1-3-8-21(26)30-25(22(24)27)23(2,17-13-28-19-11-6-4-9-15(17)19)18-14-29-20-12-7-5-10-16(18)20/h4-7,9-14H,3,8H2,1-2H3,(H2,24,27). The monoisotopic (exact) mass is 406 g/mol. The first-order valence-electron chi connectivity index (χ1n) is 9.70. The minimum absolute atomic E-state index is 0.151. The Morgan fingerprint density at radius 1 is 0.967 bits per heavy atom. The molecular weight excluding hydrogens is 384 g/mol. The molecule has 0 saturated carbocycles. The molecule has 2 heterocycles. The lowest BCUT2D eigenvalue weighted by Gasteiger charge is -2.37. The zero-order valence-corrected chi connectivity index (χ0v) is 16.8.